The number of carbonyl (C=O) groups excluding carboxylic acids is 5. The molecule has 10 N–H and O–H groups in total. The quantitative estimate of drug-likeness (QED) is 0.0133. The predicted molar refractivity (Wildman–Crippen MR) is 226 cm³/mol. The highest BCUT2D eigenvalue weighted by molar-refractivity contribution is 5.97. The van der Waals surface area contributed by atoms with Crippen LogP contribution in [-0.4, -0.2) is 138 Å². The van der Waals surface area contributed by atoms with Gasteiger partial charge in [0.25, 0.3) is 0 Å². The number of carboxylic acids is 1. The number of rotatable bonds is 25. The van der Waals surface area contributed by atoms with Crippen molar-refractivity contribution >= 4 is 41.5 Å². The van der Waals surface area contributed by atoms with Crippen LogP contribution in [0.4, 0.5) is 0 Å². The Kier molecular flexibility index (Phi) is 20.6. The Balaban J connectivity index is 2.41. The van der Waals surface area contributed by atoms with E-state index < -0.39 is 77.7 Å². The zero-order valence-electron chi connectivity index (χ0n) is 36.1. The average Bonchev–Trinajstić information content (AvgIpc) is 3.67. The molecular weight excluding hydrogens is 777 g/mol. The molecule has 1 saturated heterocycles. The number of hydrogen-bond acceptors (Lipinski definition) is 9. The molecule has 7 atom stereocenters. The van der Waals surface area contributed by atoms with Crippen molar-refractivity contribution in [3.05, 3.63) is 40.3 Å². The molecule has 0 saturated carbocycles. The maximum Gasteiger partial charge on any atom is 0.326 e. The van der Waals surface area contributed by atoms with Gasteiger partial charge in [0.15, 0.2) is 5.96 Å². The number of aromatic hydroxyl groups is 1. The van der Waals surface area contributed by atoms with Crippen LogP contribution in [0.25, 0.3) is 10.4 Å². The zero-order chi connectivity index (χ0) is 45.2. The monoisotopic (exact) mass is 844 g/mol. The summed E-state index contributed by atoms with van der Waals surface area (Å²) in [5, 5.41) is 34.2. The third-order valence-electron chi connectivity index (χ3n) is 10.3. The van der Waals surface area contributed by atoms with Crippen molar-refractivity contribution in [2.24, 2.45) is 33.4 Å². The number of phenolic OH excluding ortho intramolecular Hbond substituents is 1. The van der Waals surface area contributed by atoms with Gasteiger partial charge < -0.3 is 52.3 Å². The largest absolute Gasteiger partial charge is 0.508 e. The second-order valence-electron chi connectivity index (χ2n) is 16.9. The topological polar surface area (TPSA) is 307 Å². The van der Waals surface area contributed by atoms with Gasteiger partial charge in [0, 0.05) is 24.4 Å². The molecule has 5 amide bonds. The molecule has 0 bridgehead atoms. The number of amides is 5. The summed E-state index contributed by atoms with van der Waals surface area (Å²) in [6, 6.07) is -0.839. The fourth-order valence-corrected chi connectivity index (χ4v) is 6.85. The summed E-state index contributed by atoms with van der Waals surface area (Å²) in [4.78, 5) is 89.8. The molecule has 0 radical (unpaired) electrons. The number of carboxylic acid groups (broad SMARTS) is 1. The summed E-state index contributed by atoms with van der Waals surface area (Å²) in [6.45, 7) is 8.26. The minimum Gasteiger partial charge on any atom is -0.508 e. The second-order valence-corrected chi connectivity index (χ2v) is 16.9. The number of quaternary nitrogens is 1. The fourth-order valence-electron chi connectivity index (χ4n) is 6.85. The molecule has 1 fully saturated rings. The van der Waals surface area contributed by atoms with Gasteiger partial charge in [0.2, 0.25) is 29.5 Å². The van der Waals surface area contributed by atoms with E-state index in [9.17, 15) is 44.5 Å². The summed E-state index contributed by atoms with van der Waals surface area (Å²) in [6.07, 6.45) is 2.46. The number of nitrogens with zero attached hydrogens (tertiary/aromatic N) is 6. The van der Waals surface area contributed by atoms with E-state index in [0.29, 0.717) is 35.9 Å². The van der Waals surface area contributed by atoms with E-state index in [1.54, 1.807) is 19.1 Å². The molecule has 1 aliphatic rings. The van der Waals surface area contributed by atoms with Gasteiger partial charge in [-0.2, -0.15) is 0 Å². The van der Waals surface area contributed by atoms with Crippen molar-refractivity contribution in [1.29, 1.82) is 0 Å². The normalized spacial score (nSPS) is 16.9. The summed E-state index contributed by atoms with van der Waals surface area (Å²) >= 11 is 0. The van der Waals surface area contributed by atoms with Crippen molar-refractivity contribution in [2.45, 2.75) is 122 Å². The summed E-state index contributed by atoms with van der Waals surface area (Å²) in [5.74, 6) is -5.07. The number of nitrogens with two attached hydrogens (primary N) is 2. The minimum absolute atomic E-state index is 0.0124. The molecule has 60 heavy (non-hydrogen) atoms. The molecule has 0 aromatic heterocycles. The van der Waals surface area contributed by atoms with Crippen LogP contribution in [-0.2, 0) is 35.2 Å². The van der Waals surface area contributed by atoms with Gasteiger partial charge in [-0.15, -0.1) is 0 Å². The fraction of sp³-hybridized carbons (Fsp3) is 0.675. The molecule has 334 valence electrons. The standard InChI is InChI=1S/C40H66N12O8/c1-8-25(4)33(37(57)47-31(39(59)60)22-24(2)3)48-35(55)30(23-26-15-17-27(53)18-16-26)46-36(56)32-14-10-20-51(32)38(58)29(12-9-19-44-40(41)42)45-34(54)28(49-50-43)13-11-21-52(5,6)7/h15-18,24-25,28-33H,8-14,19-23H2,1-7H3,(H9-,41,42,44,45,46,47,48,53,54,55,56,57,59,60)/p+1/t25-,28-,29+,30+,31+,32+,33+/m0/s1. The maximum absolute atomic E-state index is 14.3. The minimum atomic E-state index is -1.27. The van der Waals surface area contributed by atoms with E-state index in [0.717, 1.165) is 0 Å². The molecule has 20 heteroatoms. The number of carbonyl (C=O) groups is 6. The summed E-state index contributed by atoms with van der Waals surface area (Å²) < 4.78 is 0.631. The third kappa shape index (κ3) is 17.3. The van der Waals surface area contributed by atoms with Crippen molar-refractivity contribution in [3.63, 3.8) is 0 Å². The van der Waals surface area contributed by atoms with E-state index in [1.807, 2.05) is 41.9 Å². The summed E-state index contributed by atoms with van der Waals surface area (Å²) in [7, 11) is 5.98. The number of hydrogen-bond donors (Lipinski definition) is 8. The van der Waals surface area contributed by atoms with Gasteiger partial charge >= 0.3 is 5.97 Å². The van der Waals surface area contributed by atoms with Gasteiger partial charge in [-0.1, -0.05) is 51.4 Å². The van der Waals surface area contributed by atoms with Gasteiger partial charge in [-0.3, -0.25) is 29.0 Å². The number of aliphatic imine (C=N–C) groups is 1. The number of likely N-dealkylation sites (tertiary alicyclic amines) is 1. The van der Waals surface area contributed by atoms with E-state index in [-0.39, 0.29) is 69.2 Å². The Hall–Kier alpha value is -5.62. The maximum atomic E-state index is 14.3. The Bertz CT molecular complexity index is 1690. The third-order valence-corrected chi connectivity index (χ3v) is 10.3. The molecule has 1 aromatic carbocycles. The average molecular weight is 844 g/mol. The molecule has 20 nitrogen and oxygen atoms in total. The second kappa shape index (κ2) is 24.5. The first-order valence-electron chi connectivity index (χ1n) is 20.6. The zero-order valence-corrected chi connectivity index (χ0v) is 36.1. The van der Waals surface area contributed by atoms with E-state index in [1.165, 1.54) is 17.0 Å². The molecule has 0 unspecified atom stereocenters. The lowest BCUT2D eigenvalue weighted by molar-refractivity contribution is -0.870. The Morgan fingerprint density at radius 2 is 1.57 bits per heavy atom. The first-order valence-corrected chi connectivity index (χ1v) is 20.6. The van der Waals surface area contributed by atoms with Crippen molar-refractivity contribution in [2.75, 3.05) is 40.8 Å². The number of benzene rings is 1. The Morgan fingerprint density at radius 1 is 0.917 bits per heavy atom. The lowest BCUT2D eigenvalue weighted by atomic mass is 9.96. The molecule has 1 aromatic rings. The number of aliphatic carboxylic acids is 1. The smallest absolute Gasteiger partial charge is 0.326 e. The number of azide groups is 1. The Morgan fingerprint density at radius 3 is 2.13 bits per heavy atom. The van der Waals surface area contributed by atoms with Gasteiger partial charge in [0.05, 0.1) is 27.7 Å². The van der Waals surface area contributed by atoms with E-state index in [4.69, 9.17) is 11.5 Å². The van der Waals surface area contributed by atoms with E-state index >= 15 is 0 Å². The van der Waals surface area contributed by atoms with Crippen LogP contribution in [0.2, 0.25) is 0 Å². The first kappa shape index (κ1) is 50.5. The van der Waals surface area contributed by atoms with Gasteiger partial charge in [-0.25, -0.2) is 4.79 Å². The van der Waals surface area contributed by atoms with Crippen LogP contribution < -0.4 is 32.7 Å². The summed E-state index contributed by atoms with van der Waals surface area (Å²) in [5.41, 5.74) is 20.8. The molecule has 2 rings (SSSR count). The molecule has 1 heterocycles. The van der Waals surface area contributed by atoms with Crippen molar-refractivity contribution in [3.8, 4) is 5.75 Å². The lowest BCUT2D eigenvalue weighted by Gasteiger charge is -2.31. The highest BCUT2D eigenvalue weighted by Gasteiger charge is 2.40. The van der Waals surface area contributed by atoms with Crippen LogP contribution in [0.1, 0.15) is 84.6 Å². The highest BCUT2D eigenvalue weighted by atomic mass is 16.4. The molecule has 0 aliphatic carbocycles. The lowest BCUT2D eigenvalue weighted by Crippen LogP contribution is -2.60. The number of phenols is 1. The van der Waals surface area contributed by atoms with Crippen LogP contribution in [0.15, 0.2) is 34.4 Å². The van der Waals surface area contributed by atoms with Crippen LogP contribution in [0.3, 0.4) is 0 Å². The Labute approximate surface area is 352 Å². The number of guanidine groups is 1. The van der Waals surface area contributed by atoms with Gasteiger partial charge in [-0.05, 0) is 80.0 Å². The number of nitrogens with one attached hydrogen (secondary N) is 4. The highest BCUT2D eigenvalue weighted by Crippen LogP contribution is 2.22. The van der Waals surface area contributed by atoms with Crippen molar-refractivity contribution < 1.29 is 43.5 Å². The first-order chi connectivity index (χ1) is 28.2. The predicted octanol–water partition coefficient (Wildman–Crippen LogP) is 1.26. The molecule has 0 spiro atoms. The van der Waals surface area contributed by atoms with Crippen LogP contribution >= 0.6 is 0 Å². The van der Waals surface area contributed by atoms with Crippen LogP contribution in [0.5, 0.6) is 5.75 Å². The van der Waals surface area contributed by atoms with Crippen LogP contribution in [0, 0.1) is 11.8 Å². The molecule has 1 aliphatic heterocycles. The van der Waals surface area contributed by atoms with Crippen molar-refractivity contribution in [1.82, 2.24) is 26.2 Å². The molecular formula is C40H67N12O8+. The van der Waals surface area contributed by atoms with Gasteiger partial charge in [0.1, 0.15) is 42.0 Å². The SMILES string of the molecule is CC[C@H](C)[C@@H](NC(=O)[C@@H](Cc1ccc(O)cc1)NC(=O)[C@H]1CCCN1C(=O)[C@@H](CCCN=C(N)N)NC(=O)[C@H](CCC[N+](C)(C)C)N=[N+]=[N-])C(=O)N[C@H](CC(C)C)C(=O)O. The van der Waals surface area contributed by atoms with E-state index in [2.05, 4.69) is 36.3 Å².